The molecule has 0 unspecified atom stereocenters. The van der Waals surface area contributed by atoms with Gasteiger partial charge in [0.15, 0.2) is 0 Å². The van der Waals surface area contributed by atoms with Crippen LogP contribution in [0.5, 0.6) is 0 Å². The van der Waals surface area contributed by atoms with Crippen LogP contribution in [0.3, 0.4) is 0 Å². The van der Waals surface area contributed by atoms with Gasteiger partial charge >= 0.3 is 0 Å². The Hall–Kier alpha value is -1.28. The Bertz CT molecular complexity index is 913. The molecule has 2 heterocycles. The number of halogens is 1. The molecular formula is C30H47ClN4O2S. The summed E-state index contributed by atoms with van der Waals surface area (Å²) >= 11 is 8.04. The van der Waals surface area contributed by atoms with Gasteiger partial charge in [0.25, 0.3) is 0 Å². The van der Waals surface area contributed by atoms with Crippen molar-refractivity contribution in [3.63, 3.8) is 0 Å². The van der Waals surface area contributed by atoms with E-state index in [9.17, 15) is 9.59 Å². The first-order valence-electron chi connectivity index (χ1n) is 14.6. The Balaban J connectivity index is 1.43. The topological polar surface area (TPSA) is 73.5 Å². The first-order valence-corrected chi connectivity index (χ1v) is 16.3. The van der Waals surface area contributed by atoms with Crippen molar-refractivity contribution in [1.82, 2.24) is 20.9 Å². The highest BCUT2D eigenvalue weighted by molar-refractivity contribution is 7.99. The Labute approximate surface area is 238 Å². The van der Waals surface area contributed by atoms with E-state index < -0.39 is 0 Å². The molecule has 3 fully saturated rings. The molecule has 8 heteroatoms. The number of carbonyl (C=O) groups excluding carboxylic acids is 2. The largest absolute Gasteiger partial charge is 0.350 e. The number of hydrogen-bond acceptors (Lipinski definition) is 5. The number of benzene rings is 1. The molecule has 3 aliphatic rings. The summed E-state index contributed by atoms with van der Waals surface area (Å²) in [5.74, 6) is 0.798. The van der Waals surface area contributed by atoms with Gasteiger partial charge in [-0.3, -0.25) is 9.59 Å². The summed E-state index contributed by atoms with van der Waals surface area (Å²) in [5, 5.41) is 12.1. The highest BCUT2D eigenvalue weighted by atomic mass is 35.5. The van der Waals surface area contributed by atoms with Gasteiger partial charge in [-0.25, -0.2) is 0 Å². The van der Waals surface area contributed by atoms with Gasteiger partial charge < -0.3 is 20.9 Å². The van der Waals surface area contributed by atoms with Crippen LogP contribution in [0.15, 0.2) is 24.3 Å². The van der Waals surface area contributed by atoms with Crippen molar-refractivity contribution >= 4 is 35.2 Å². The molecule has 0 bridgehead atoms. The van der Waals surface area contributed by atoms with E-state index in [2.05, 4.69) is 22.2 Å². The normalized spacial score (nSPS) is 24.9. The van der Waals surface area contributed by atoms with E-state index in [4.69, 9.17) is 11.6 Å². The summed E-state index contributed by atoms with van der Waals surface area (Å²) in [6.07, 6.45) is 11.8. The number of carbonyl (C=O) groups is 2. The summed E-state index contributed by atoms with van der Waals surface area (Å²) in [6.45, 7) is 7.14. The number of nitrogens with zero attached hydrogens (tertiary/aromatic N) is 1. The fourth-order valence-electron chi connectivity index (χ4n) is 6.53. The van der Waals surface area contributed by atoms with E-state index >= 15 is 0 Å². The molecule has 1 aliphatic carbocycles. The molecule has 2 aliphatic heterocycles. The SMILES string of the molecule is CS[C@@H]1CN[C@@H](CN[C@H](Cc2ccc(Cl)cc2)C(=O)N2CCC(NC(=O)C(C)C)(C3CCCCC3)CC2)C1. The quantitative estimate of drug-likeness (QED) is 0.387. The summed E-state index contributed by atoms with van der Waals surface area (Å²) in [4.78, 5) is 28.8. The third-order valence-electron chi connectivity index (χ3n) is 9.03. The summed E-state index contributed by atoms with van der Waals surface area (Å²) in [7, 11) is 0. The number of piperidine rings is 1. The lowest BCUT2D eigenvalue weighted by molar-refractivity contribution is -0.136. The molecule has 6 nitrogen and oxygen atoms in total. The van der Waals surface area contributed by atoms with Crippen molar-refractivity contribution in [2.24, 2.45) is 11.8 Å². The predicted molar refractivity (Wildman–Crippen MR) is 159 cm³/mol. The third kappa shape index (κ3) is 7.67. The van der Waals surface area contributed by atoms with Crippen LogP contribution in [-0.4, -0.2) is 72.0 Å². The van der Waals surface area contributed by atoms with Gasteiger partial charge in [0.05, 0.1) is 6.04 Å². The van der Waals surface area contributed by atoms with E-state index in [-0.39, 0.29) is 29.3 Å². The Kier molecular flexibility index (Phi) is 10.8. The molecule has 0 radical (unpaired) electrons. The van der Waals surface area contributed by atoms with E-state index in [1.807, 2.05) is 54.8 Å². The van der Waals surface area contributed by atoms with E-state index in [0.717, 1.165) is 37.9 Å². The number of rotatable bonds is 10. The van der Waals surface area contributed by atoms with E-state index in [0.29, 0.717) is 41.7 Å². The van der Waals surface area contributed by atoms with Gasteiger partial charge in [0, 0.05) is 54.0 Å². The lowest BCUT2D eigenvalue weighted by Gasteiger charge is -2.49. The van der Waals surface area contributed by atoms with Gasteiger partial charge in [-0.15, -0.1) is 0 Å². The van der Waals surface area contributed by atoms with E-state index in [1.54, 1.807) is 0 Å². The minimum Gasteiger partial charge on any atom is -0.350 e. The molecular weight excluding hydrogens is 516 g/mol. The minimum absolute atomic E-state index is 0.0296. The van der Waals surface area contributed by atoms with Gasteiger partial charge in [-0.2, -0.15) is 11.8 Å². The zero-order chi connectivity index (χ0) is 27.1. The average molecular weight is 563 g/mol. The number of hydrogen-bond donors (Lipinski definition) is 3. The predicted octanol–water partition coefficient (Wildman–Crippen LogP) is 4.65. The van der Waals surface area contributed by atoms with Crippen LogP contribution in [0.4, 0.5) is 0 Å². The molecule has 2 amide bonds. The second-order valence-corrected chi connectivity index (χ2v) is 13.5. The molecule has 0 spiro atoms. The Morgan fingerprint density at radius 3 is 2.42 bits per heavy atom. The maximum atomic E-state index is 13.9. The van der Waals surface area contributed by atoms with Gasteiger partial charge in [0.1, 0.15) is 0 Å². The fourth-order valence-corrected chi connectivity index (χ4v) is 7.35. The van der Waals surface area contributed by atoms with Crippen LogP contribution in [0.1, 0.15) is 70.8 Å². The summed E-state index contributed by atoms with van der Waals surface area (Å²) < 4.78 is 0. The second-order valence-electron chi connectivity index (χ2n) is 12.0. The van der Waals surface area contributed by atoms with Crippen LogP contribution in [0.25, 0.3) is 0 Å². The van der Waals surface area contributed by atoms with Crippen LogP contribution >= 0.6 is 23.4 Å². The van der Waals surface area contributed by atoms with Crippen molar-refractivity contribution in [3.05, 3.63) is 34.9 Å². The summed E-state index contributed by atoms with van der Waals surface area (Å²) in [6, 6.07) is 7.95. The van der Waals surface area contributed by atoms with Crippen molar-refractivity contribution < 1.29 is 9.59 Å². The van der Waals surface area contributed by atoms with Gasteiger partial charge in [0.2, 0.25) is 11.8 Å². The monoisotopic (exact) mass is 562 g/mol. The van der Waals surface area contributed by atoms with Crippen molar-refractivity contribution in [1.29, 1.82) is 0 Å². The second kappa shape index (κ2) is 13.9. The Morgan fingerprint density at radius 2 is 1.82 bits per heavy atom. The number of nitrogens with one attached hydrogen (secondary N) is 3. The summed E-state index contributed by atoms with van der Waals surface area (Å²) in [5.41, 5.74) is 0.928. The minimum atomic E-state index is -0.279. The smallest absolute Gasteiger partial charge is 0.240 e. The zero-order valence-corrected chi connectivity index (χ0v) is 25.0. The highest BCUT2D eigenvalue weighted by Crippen LogP contribution is 2.39. The average Bonchev–Trinajstić information content (AvgIpc) is 3.40. The van der Waals surface area contributed by atoms with Crippen molar-refractivity contribution in [2.45, 2.75) is 94.5 Å². The lowest BCUT2D eigenvalue weighted by atomic mass is 9.69. The van der Waals surface area contributed by atoms with Crippen molar-refractivity contribution in [3.8, 4) is 0 Å². The van der Waals surface area contributed by atoms with Crippen molar-refractivity contribution in [2.75, 3.05) is 32.4 Å². The molecule has 212 valence electrons. The number of likely N-dealkylation sites (tertiary alicyclic amines) is 1. The molecule has 1 saturated carbocycles. The van der Waals surface area contributed by atoms with Gasteiger partial charge in [-0.1, -0.05) is 56.8 Å². The van der Waals surface area contributed by atoms with Crippen LogP contribution in [-0.2, 0) is 16.0 Å². The molecule has 3 N–H and O–H groups in total. The third-order valence-corrected chi connectivity index (χ3v) is 10.3. The maximum absolute atomic E-state index is 13.9. The van der Waals surface area contributed by atoms with Crippen LogP contribution in [0.2, 0.25) is 5.02 Å². The van der Waals surface area contributed by atoms with Crippen LogP contribution in [0, 0.1) is 11.8 Å². The standard InChI is InChI=1S/C30H47ClN4O2S/c1-21(2)28(36)34-30(23-7-5-4-6-8-23)13-15-35(16-14-30)29(37)27(17-22-9-11-24(31)12-10-22)33-19-25-18-26(38-3)20-32-25/h9-12,21,23,25-27,32-33H,4-8,13-20H2,1-3H3,(H,34,36)/t25-,26+,27-/m1/s1. The molecule has 1 aromatic carbocycles. The Morgan fingerprint density at radius 1 is 1.13 bits per heavy atom. The fraction of sp³-hybridized carbons (Fsp3) is 0.733. The zero-order valence-electron chi connectivity index (χ0n) is 23.4. The molecule has 3 atom stereocenters. The van der Waals surface area contributed by atoms with Gasteiger partial charge in [-0.05, 0) is 68.4 Å². The molecule has 38 heavy (non-hydrogen) atoms. The number of thioether (sulfide) groups is 1. The first-order chi connectivity index (χ1) is 18.3. The molecule has 0 aromatic heterocycles. The molecule has 2 saturated heterocycles. The molecule has 4 rings (SSSR count). The lowest BCUT2D eigenvalue weighted by Crippen LogP contribution is -2.62. The number of amides is 2. The highest BCUT2D eigenvalue weighted by Gasteiger charge is 2.44. The van der Waals surface area contributed by atoms with E-state index in [1.165, 1.54) is 32.1 Å². The maximum Gasteiger partial charge on any atom is 0.240 e. The molecule has 1 aromatic rings. The van der Waals surface area contributed by atoms with Crippen LogP contribution < -0.4 is 16.0 Å². The first kappa shape index (κ1) is 29.7.